The van der Waals surface area contributed by atoms with Gasteiger partial charge >= 0.3 is 0 Å². The number of rotatable bonds is 4. The van der Waals surface area contributed by atoms with Crippen molar-refractivity contribution in [2.24, 2.45) is 10.8 Å². The lowest BCUT2D eigenvalue weighted by atomic mass is 9.80. The Kier molecular flexibility index (Phi) is 4.41. The molecule has 2 nitrogen and oxygen atoms in total. The first-order valence-electron chi connectivity index (χ1n) is 11.2. The third-order valence-electron chi connectivity index (χ3n) is 7.66. The molecule has 5 rings (SSSR count). The van der Waals surface area contributed by atoms with Crippen LogP contribution in [0.5, 0.6) is 0 Å². The molecule has 28 heavy (non-hydrogen) atoms. The summed E-state index contributed by atoms with van der Waals surface area (Å²) < 4.78 is 0. The maximum absolute atomic E-state index is 4.80. The molecule has 2 aliphatic carbocycles. The molecular formula is C26H32N2. The summed E-state index contributed by atoms with van der Waals surface area (Å²) in [4.78, 5) is 9.59. The van der Waals surface area contributed by atoms with Gasteiger partial charge in [0.15, 0.2) is 0 Å². The van der Waals surface area contributed by atoms with Gasteiger partial charge in [0, 0.05) is 23.2 Å². The normalized spacial score (nSPS) is 20.9. The number of nitrogens with zero attached hydrogens (tertiary/aromatic N) is 2. The lowest BCUT2D eigenvalue weighted by molar-refractivity contribution is 0.335. The summed E-state index contributed by atoms with van der Waals surface area (Å²) in [5.41, 5.74) is 5.99. The van der Waals surface area contributed by atoms with Gasteiger partial charge < -0.3 is 0 Å². The molecule has 0 saturated heterocycles. The van der Waals surface area contributed by atoms with Crippen LogP contribution in [-0.4, -0.2) is 9.97 Å². The minimum Gasteiger partial charge on any atom is -0.254 e. The Labute approximate surface area is 168 Å². The summed E-state index contributed by atoms with van der Waals surface area (Å²) in [5, 5.41) is 2.61. The smallest absolute Gasteiger partial charge is 0.0967 e. The summed E-state index contributed by atoms with van der Waals surface area (Å²) >= 11 is 0. The van der Waals surface area contributed by atoms with Gasteiger partial charge in [0.2, 0.25) is 0 Å². The zero-order valence-electron chi connectivity index (χ0n) is 17.4. The van der Waals surface area contributed by atoms with E-state index in [1.165, 1.54) is 73.3 Å². The van der Waals surface area contributed by atoms with E-state index in [0.29, 0.717) is 10.8 Å². The molecule has 0 aliphatic heterocycles. The van der Waals surface area contributed by atoms with Gasteiger partial charge in [-0.15, -0.1) is 0 Å². The molecule has 2 aliphatic rings. The second-order valence-corrected chi connectivity index (χ2v) is 10.2. The largest absolute Gasteiger partial charge is 0.254 e. The number of hydrogen-bond donors (Lipinski definition) is 0. The van der Waals surface area contributed by atoms with E-state index < -0.39 is 0 Å². The molecule has 2 heterocycles. The molecule has 1 aromatic carbocycles. The maximum atomic E-state index is 4.80. The fourth-order valence-corrected chi connectivity index (χ4v) is 5.98. The first-order chi connectivity index (χ1) is 13.6. The molecule has 0 N–H and O–H groups in total. The molecular weight excluding hydrogens is 340 g/mol. The van der Waals surface area contributed by atoms with Crippen LogP contribution in [0.15, 0.2) is 36.7 Å². The highest BCUT2D eigenvalue weighted by molar-refractivity contribution is 6.04. The van der Waals surface area contributed by atoms with E-state index >= 15 is 0 Å². The van der Waals surface area contributed by atoms with Crippen LogP contribution in [0.25, 0.3) is 21.8 Å². The number of pyridine rings is 2. The van der Waals surface area contributed by atoms with Crippen molar-refractivity contribution in [2.75, 3.05) is 0 Å². The third kappa shape index (κ3) is 3.21. The van der Waals surface area contributed by atoms with Crippen molar-refractivity contribution < 1.29 is 0 Å². The molecule has 2 fully saturated rings. The molecule has 3 aromatic rings. The summed E-state index contributed by atoms with van der Waals surface area (Å²) in [6.45, 7) is 4.93. The molecule has 2 heteroatoms. The Morgan fingerprint density at radius 3 is 1.43 bits per heavy atom. The van der Waals surface area contributed by atoms with Crippen LogP contribution in [0.3, 0.4) is 0 Å². The van der Waals surface area contributed by atoms with Crippen molar-refractivity contribution in [3.63, 3.8) is 0 Å². The summed E-state index contributed by atoms with van der Waals surface area (Å²) in [7, 11) is 0. The average Bonchev–Trinajstić information content (AvgIpc) is 3.31. The van der Waals surface area contributed by atoms with E-state index in [1.807, 2.05) is 12.4 Å². The van der Waals surface area contributed by atoms with Gasteiger partial charge in [0.1, 0.15) is 0 Å². The lowest BCUT2D eigenvalue weighted by Gasteiger charge is -2.25. The van der Waals surface area contributed by atoms with Crippen LogP contribution in [0.1, 0.15) is 76.3 Å². The van der Waals surface area contributed by atoms with Crippen LogP contribution in [-0.2, 0) is 12.8 Å². The van der Waals surface area contributed by atoms with E-state index in [-0.39, 0.29) is 0 Å². The van der Waals surface area contributed by atoms with Gasteiger partial charge in [-0.2, -0.15) is 0 Å². The van der Waals surface area contributed by atoms with Gasteiger partial charge in [-0.1, -0.05) is 51.7 Å². The quantitative estimate of drug-likeness (QED) is 0.459. The predicted molar refractivity (Wildman–Crippen MR) is 118 cm³/mol. The summed E-state index contributed by atoms with van der Waals surface area (Å²) in [5.74, 6) is 0. The van der Waals surface area contributed by atoms with E-state index in [9.17, 15) is 0 Å². The highest BCUT2D eigenvalue weighted by Crippen LogP contribution is 2.43. The van der Waals surface area contributed by atoms with Crippen molar-refractivity contribution >= 4 is 21.8 Å². The Bertz CT molecular complexity index is 925. The van der Waals surface area contributed by atoms with Crippen LogP contribution in [0.4, 0.5) is 0 Å². The summed E-state index contributed by atoms with van der Waals surface area (Å²) in [6.07, 6.45) is 17.3. The van der Waals surface area contributed by atoms with Crippen molar-refractivity contribution in [1.29, 1.82) is 0 Å². The van der Waals surface area contributed by atoms with Gasteiger partial charge in [0.05, 0.1) is 11.0 Å². The minimum atomic E-state index is 0.454. The summed E-state index contributed by atoms with van der Waals surface area (Å²) in [6, 6.07) is 9.11. The molecule has 0 spiro atoms. The number of benzene rings is 1. The van der Waals surface area contributed by atoms with Crippen molar-refractivity contribution in [2.45, 2.75) is 78.1 Å². The molecule has 0 amide bonds. The number of fused-ring (bicyclic) bond motifs is 3. The predicted octanol–water partition coefficient (Wildman–Crippen LogP) is 7.03. The Morgan fingerprint density at radius 2 is 1.04 bits per heavy atom. The van der Waals surface area contributed by atoms with E-state index in [0.717, 1.165) is 23.9 Å². The molecule has 2 saturated carbocycles. The van der Waals surface area contributed by atoms with Crippen LogP contribution < -0.4 is 0 Å². The fourth-order valence-electron chi connectivity index (χ4n) is 5.98. The van der Waals surface area contributed by atoms with Crippen molar-refractivity contribution in [3.05, 3.63) is 47.8 Å². The molecule has 0 radical (unpaired) electrons. The molecule has 0 unspecified atom stereocenters. The second-order valence-electron chi connectivity index (χ2n) is 10.2. The lowest BCUT2D eigenvalue weighted by Crippen LogP contribution is -2.15. The third-order valence-corrected chi connectivity index (χ3v) is 7.66. The van der Waals surface area contributed by atoms with Gasteiger partial charge in [-0.3, -0.25) is 9.97 Å². The zero-order chi connectivity index (χ0) is 19.2. The minimum absolute atomic E-state index is 0.454. The van der Waals surface area contributed by atoms with Crippen molar-refractivity contribution in [3.8, 4) is 0 Å². The van der Waals surface area contributed by atoms with Crippen molar-refractivity contribution in [1.82, 2.24) is 9.97 Å². The second kappa shape index (κ2) is 6.83. The van der Waals surface area contributed by atoms with Crippen LogP contribution in [0, 0.1) is 10.8 Å². The molecule has 0 atom stereocenters. The molecule has 2 aromatic heterocycles. The first-order valence-corrected chi connectivity index (χ1v) is 11.2. The van der Waals surface area contributed by atoms with Gasteiger partial charge in [-0.05, 0) is 72.6 Å². The Hall–Kier alpha value is -1.96. The number of hydrogen-bond acceptors (Lipinski definition) is 2. The first kappa shape index (κ1) is 18.1. The fraction of sp³-hybridized carbons (Fsp3) is 0.538. The highest BCUT2D eigenvalue weighted by Gasteiger charge is 2.30. The Morgan fingerprint density at radius 1 is 0.643 bits per heavy atom. The standard InChI is InChI=1S/C26H32N2/c1-25(11-3-4-12-25)17-19-9-15-27-23-21(19)7-8-22-20(10-16-28-24(22)23)18-26(2)13-5-6-14-26/h7-10,15-16H,3-6,11-14,17-18H2,1-2H3. The molecule has 0 bridgehead atoms. The maximum Gasteiger partial charge on any atom is 0.0967 e. The highest BCUT2D eigenvalue weighted by atomic mass is 14.7. The SMILES string of the molecule is CC1(Cc2ccnc3c2ccc2c(CC4(C)CCCC4)ccnc23)CCCC1. The average molecular weight is 373 g/mol. The van der Waals surface area contributed by atoms with Crippen LogP contribution in [0.2, 0.25) is 0 Å². The van der Waals surface area contributed by atoms with Gasteiger partial charge in [0.25, 0.3) is 0 Å². The van der Waals surface area contributed by atoms with E-state index in [2.05, 4.69) is 38.1 Å². The Balaban J connectivity index is 1.58. The van der Waals surface area contributed by atoms with E-state index in [1.54, 1.807) is 0 Å². The topological polar surface area (TPSA) is 25.8 Å². The van der Waals surface area contributed by atoms with Crippen LogP contribution >= 0.6 is 0 Å². The zero-order valence-corrected chi connectivity index (χ0v) is 17.4. The van der Waals surface area contributed by atoms with Gasteiger partial charge in [-0.25, -0.2) is 0 Å². The molecule has 146 valence electrons. The monoisotopic (exact) mass is 372 g/mol. The van der Waals surface area contributed by atoms with E-state index in [4.69, 9.17) is 9.97 Å². The number of aromatic nitrogens is 2.